The van der Waals surface area contributed by atoms with Gasteiger partial charge in [-0.1, -0.05) is 42.5 Å². The molecule has 7 nitrogen and oxygen atoms in total. The van der Waals surface area contributed by atoms with Crippen molar-refractivity contribution in [3.8, 4) is 5.75 Å². The monoisotopic (exact) mass is 449 g/mol. The minimum Gasteiger partial charge on any atom is -0.497 e. The molecule has 1 unspecified atom stereocenters. The van der Waals surface area contributed by atoms with Gasteiger partial charge in [0, 0.05) is 38.6 Å². The Hall–Kier alpha value is -3.35. The lowest BCUT2D eigenvalue weighted by Crippen LogP contribution is -2.48. The highest BCUT2D eigenvalue weighted by Crippen LogP contribution is 2.24. The third-order valence-electron chi connectivity index (χ3n) is 6.48. The second-order valence-corrected chi connectivity index (χ2v) is 8.85. The third kappa shape index (κ3) is 5.92. The lowest BCUT2D eigenvalue weighted by molar-refractivity contribution is -0.137. The van der Waals surface area contributed by atoms with Gasteiger partial charge in [0.15, 0.2) is 0 Å². The molecule has 1 N–H and O–H groups in total. The number of rotatable bonds is 7. The van der Waals surface area contributed by atoms with Gasteiger partial charge in [-0.15, -0.1) is 0 Å². The lowest BCUT2D eigenvalue weighted by Gasteiger charge is -2.33. The topological polar surface area (TPSA) is 79.0 Å². The average molecular weight is 450 g/mol. The Kier molecular flexibility index (Phi) is 7.27. The van der Waals surface area contributed by atoms with Crippen molar-refractivity contribution in [3.05, 3.63) is 65.7 Å². The minimum absolute atomic E-state index is 0.0112. The highest BCUT2D eigenvalue weighted by atomic mass is 16.5. The van der Waals surface area contributed by atoms with E-state index in [1.165, 1.54) is 0 Å². The Morgan fingerprint density at radius 2 is 1.70 bits per heavy atom. The van der Waals surface area contributed by atoms with Crippen LogP contribution in [-0.2, 0) is 27.3 Å². The molecule has 4 rings (SSSR count). The molecule has 0 aromatic heterocycles. The van der Waals surface area contributed by atoms with Crippen molar-refractivity contribution >= 4 is 17.7 Å². The van der Waals surface area contributed by atoms with Gasteiger partial charge >= 0.3 is 0 Å². The third-order valence-corrected chi connectivity index (χ3v) is 6.48. The second kappa shape index (κ2) is 10.5. The van der Waals surface area contributed by atoms with Gasteiger partial charge in [-0.25, -0.2) is 0 Å². The summed E-state index contributed by atoms with van der Waals surface area (Å²) >= 11 is 0. The molecular formula is C26H31N3O4. The van der Waals surface area contributed by atoms with Gasteiger partial charge in [0.1, 0.15) is 5.75 Å². The standard InChI is InChI=1S/C26H31N3O4/c1-33-23-9-7-19(8-10-23)15-24(30)27-22-11-13-28(14-12-22)26(32)21-16-25(31)29(18-21)17-20-5-3-2-4-6-20/h2-10,21-22H,11-18H2,1H3,(H,27,30). The van der Waals surface area contributed by atoms with Gasteiger partial charge in [-0.3, -0.25) is 14.4 Å². The van der Waals surface area contributed by atoms with Gasteiger partial charge in [0.25, 0.3) is 0 Å². The Morgan fingerprint density at radius 1 is 1.00 bits per heavy atom. The molecule has 2 aliphatic heterocycles. The van der Waals surface area contributed by atoms with Crippen LogP contribution in [-0.4, -0.2) is 60.3 Å². The Morgan fingerprint density at radius 3 is 2.36 bits per heavy atom. The first-order valence-corrected chi connectivity index (χ1v) is 11.5. The van der Waals surface area contributed by atoms with Crippen molar-refractivity contribution in [3.63, 3.8) is 0 Å². The number of benzene rings is 2. The Labute approximate surface area is 194 Å². The van der Waals surface area contributed by atoms with Crippen LogP contribution in [0.1, 0.15) is 30.4 Å². The summed E-state index contributed by atoms with van der Waals surface area (Å²) in [7, 11) is 1.62. The summed E-state index contributed by atoms with van der Waals surface area (Å²) in [5.41, 5.74) is 2.01. The molecule has 3 amide bonds. The molecule has 33 heavy (non-hydrogen) atoms. The predicted molar refractivity (Wildman–Crippen MR) is 124 cm³/mol. The molecule has 0 aliphatic carbocycles. The molecule has 2 aliphatic rings. The second-order valence-electron chi connectivity index (χ2n) is 8.85. The number of methoxy groups -OCH3 is 1. The summed E-state index contributed by atoms with van der Waals surface area (Å²) in [6.07, 6.45) is 2.07. The van der Waals surface area contributed by atoms with Crippen LogP contribution >= 0.6 is 0 Å². The SMILES string of the molecule is COc1ccc(CC(=O)NC2CCN(C(=O)C3CC(=O)N(Cc4ccccc4)C3)CC2)cc1. The molecule has 2 aromatic carbocycles. The first-order valence-electron chi connectivity index (χ1n) is 11.5. The fraction of sp³-hybridized carbons (Fsp3) is 0.423. The van der Waals surface area contributed by atoms with Crippen molar-refractivity contribution in [2.45, 2.75) is 38.3 Å². The first-order chi connectivity index (χ1) is 16.0. The number of amides is 3. The number of nitrogens with zero attached hydrogens (tertiary/aromatic N) is 2. The van der Waals surface area contributed by atoms with E-state index in [-0.39, 0.29) is 36.1 Å². The maximum Gasteiger partial charge on any atom is 0.227 e. The molecule has 0 radical (unpaired) electrons. The average Bonchev–Trinajstić information content (AvgIpc) is 3.20. The number of likely N-dealkylation sites (tertiary alicyclic amines) is 2. The van der Waals surface area contributed by atoms with Gasteiger partial charge in [0.2, 0.25) is 17.7 Å². The number of carbonyl (C=O) groups excluding carboxylic acids is 3. The summed E-state index contributed by atoms with van der Waals surface area (Å²) in [6, 6.07) is 17.4. The summed E-state index contributed by atoms with van der Waals surface area (Å²) in [5, 5.41) is 3.10. The van der Waals surface area contributed by atoms with Crippen LogP contribution < -0.4 is 10.1 Å². The zero-order chi connectivity index (χ0) is 23.2. The van der Waals surface area contributed by atoms with E-state index in [1.54, 1.807) is 12.0 Å². The van der Waals surface area contributed by atoms with Crippen LogP contribution in [0.3, 0.4) is 0 Å². The van der Waals surface area contributed by atoms with Crippen LogP contribution in [0.25, 0.3) is 0 Å². The molecule has 2 fully saturated rings. The fourth-order valence-electron chi connectivity index (χ4n) is 4.60. The Bertz CT molecular complexity index is 969. The normalized spacial score (nSPS) is 18.9. The van der Waals surface area contributed by atoms with Gasteiger partial charge in [0.05, 0.1) is 19.4 Å². The van der Waals surface area contributed by atoms with E-state index in [4.69, 9.17) is 4.74 Å². The smallest absolute Gasteiger partial charge is 0.227 e. The van der Waals surface area contributed by atoms with Crippen molar-refractivity contribution in [2.75, 3.05) is 26.7 Å². The number of nitrogens with one attached hydrogen (secondary N) is 1. The molecular weight excluding hydrogens is 418 g/mol. The van der Waals surface area contributed by atoms with E-state index in [0.717, 1.165) is 29.7 Å². The van der Waals surface area contributed by atoms with Crippen LogP contribution in [0.5, 0.6) is 5.75 Å². The highest BCUT2D eigenvalue weighted by Gasteiger charge is 2.37. The van der Waals surface area contributed by atoms with Crippen LogP contribution in [0.15, 0.2) is 54.6 Å². The van der Waals surface area contributed by atoms with Crippen LogP contribution in [0, 0.1) is 5.92 Å². The molecule has 2 aromatic rings. The maximum atomic E-state index is 13.0. The first kappa shape index (κ1) is 22.8. The van der Waals surface area contributed by atoms with Crippen molar-refractivity contribution in [1.29, 1.82) is 0 Å². The molecule has 0 spiro atoms. The van der Waals surface area contributed by atoms with Crippen molar-refractivity contribution < 1.29 is 19.1 Å². The zero-order valence-electron chi connectivity index (χ0n) is 19.0. The van der Waals surface area contributed by atoms with Crippen molar-refractivity contribution in [1.82, 2.24) is 15.1 Å². The van der Waals surface area contributed by atoms with E-state index >= 15 is 0 Å². The molecule has 2 heterocycles. The van der Waals surface area contributed by atoms with E-state index in [2.05, 4.69) is 5.32 Å². The number of ether oxygens (including phenoxy) is 1. The molecule has 1 atom stereocenters. The fourth-order valence-corrected chi connectivity index (χ4v) is 4.60. The number of carbonyl (C=O) groups is 3. The van der Waals surface area contributed by atoms with E-state index in [0.29, 0.717) is 32.6 Å². The van der Waals surface area contributed by atoms with Crippen molar-refractivity contribution in [2.24, 2.45) is 5.92 Å². The lowest BCUT2D eigenvalue weighted by atomic mass is 10.0. The minimum atomic E-state index is -0.276. The quantitative estimate of drug-likeness (QED) is 0.704. The number of piperidine rings is 1. The summed E-state index contributed by atoms with van der Waals surface area (Å²) in [6.45, 7) is 2.24. The van der Waals surface area contributed by atoms with E-state index in [9.17, 15) is 14.4 Å². The van der Waals surface area contributed by atoms with Gasteiger partial charge < -0.3 is 19.9 Å². The predicted octanol–water partition coefficient (Wildman–Crippen LogP) is 2.39. The molecule has 0 bridgehead atoms. The Balaban J connectivity index is 1.21. The van der Waals surface area contributed by atoms with Gasteiger partial charge in [-0.2, -0.15) is 0 Å². The van der Waals surface area contributed by atoms with Gasteiger partial charge in [-0.05, 0) is 36.1 Å². The summed E-state index contributed by atoms with van der Waals surface area (Å²) in [5.74, 6) is 0.577. The molecule has 0 saturated carbocycles. The maximum absolute atomic E-state index is 13.0. The summed E-state index contributed by atoms with van der Waals surface area (Å²) < 4.78 is 5.15. The summed E-state index contributed by atoms with van der Waals surface area (Å²) in [4.78, 5) is 41.5. The molecule has 7 heteroatoms. The van der Waals surface area contributed by atoms with E-state index < -0.39 is 0 Å². The molecule has 2 saturated heterocycles. The highest BCUT2D eigenvalue weighted by molar-refractivity contribution is 5.89. The molecule has 174 valence electrons. The number of hydrogen-bond donors (Lipinski definition) is 1. The van der Waals surface area contributed by atoms with Crippen LogP contribution in [0.2, 0.25) is 0 Å². The largest absolute Gasteiger partial charge is 0.497 e. The zero-order valence-corrected chi connectivity index (χ0v) is 19.0. The van der Waals surface area contributed by atoms with E-state index in [1.807, 2.05) is 59.5 Å². The van der Waals surface area contributed by atoms with Crippen LogP contribution in [0.4, 0.5) is 0 Å². The number of hydrogen-bond acceptors (Lipinski definition) is 4.